The summed E-state index contributed by atoms with van der Waals surface area (Å²) in [5, 5.41) is 17.3. The highest BCUT2D eigenvalue weighted by Crippen LogP contribution is 2.32. The molecule has 0 aliphatic heterocycles. The quantitative estimate of drug-likeness (QED) is 0.538. The second-order valence-electron chi connectivity index (χ2n) is 8.27. The number of aryl methyl sites for hydroxylation is 1. The molecule has 3 aromatic rings. The normalized spacial score (nSPS) is 13.2. The predicted octanol–water partition coefficient (Wildman–Crippen LogP) is 3.38. The van der Waals surface area contributed by atoms with Crippen molar-refractivity contribution < 1.29 is 32.2 Å². The molecular formula is C21H23F4N5O3. The molecule has 2 N–H and O–H groups in total. The standard InChI is InChI=1S/C21H23F4N5O3/c1-11-10-30-18(28-17(11)29(4)5)13(9-26-30)19(31)27-16(20(2,3)32)12-6-7-15(14(22)8-12)33-21(23,24)25/h6-10,16,32H,1-5H3,(H,27,31). The number of nitrogens with zero attached hydrogens (tertiary/aromatic N) is 4. The van der Waals surface area contributed by atoms with Crippen LogP contribution in [-0.4, -0.2) is 51.7 Å². The van der Waals surface area contributed by atoms with Crippen molar-refractivity contribution in [2.24, 2.45) is 0 Å². The maximum atomic E-state index is 14.3. The molecule has 1 aromatic carbocycles. The van der Waals surface area contributed by atoms with Crippen molar-refractivity contribution in [1.29, 1.82) is 0 Å². The summed E-state index contributed by atoms with van der Waals surface area (Å²) in [7, 11) is 3.60. The summed E-state index contributed by atoms with van der Waals surface area (Å²) in [5.41, 5.74) is -0.372. The van der Waals surface area contributed by atoms with Gasteiger partial charge in [0.2, 0.25) is 0 Å². The van der Waals surface area contributed by atoms with E-state index in [1.54, 1.807) is 25.2 Å². The summed E-state index contributed by atoms with van der Waals surface area (Å²) >= 11 is 0. The molecule has 8 nitrogen and oxygen atoms in total. The number of carbonyl (C=O) groups excluding carboxylic acids is 1. The molecule has 0 fully saturated rings. The average Bonchev–Trinajstić information content (AvgIpc) is 3.07. The smallest absolute Gasteiger partial charge is 0.403 e. The van der Waals surface area contributed by atoms with E-state index in [9.17, 15) is 27.5 Å². The third-order valence-electron chi connectivity index (χ3n) is 4.81. The van der Waals surface area contributed by atoms with Crippen molar-refractivity contribution in [3.05, 3.63) is 53.1 Å². The van der Waals surface area contributed by atoms with Crippen molar-refractivity contribution in [3.63, 3.8) is 0 Å². The first-order valence-electron chi connectivity index (χ1n) is 9.78. The number of rotatable bonds is 6. The van der Waals surface area contributed by atoms with E-state index >= 15 is 0 Å². The molecule has 2 aromatic heterocycles. The summed E-state index contributed by atoms with van der Waals surface area (Å²) in [6.07, 6.45) is -2.05. The summed E-state index contributed by atoms with van der Waals surface area (Å²) in [4.78, 5) is 19.3. The van der Waals surface area contributed by atoms with E-state index in [1.807, 2.05) is 6.92 Å². The number of ether oxygens (including phenoxy) is 1. The van der Waals surface area contributed by atoms with Crippen LogP contribution in [0, 0.1) is 12.7 Å². The van der Waals surface area contributed by atoms with Crippen LogP contribution in [0.3, 0.4) is 0 Å². The van der Waals surface area contributed by atoms with Crippen LogP contribution in [0.2, 0.25) is 0 Å². The molecule has 0 saturated carbocycles. The second kappa shape index (κ2) is 8.50. The summed E-state index contributed by atoms with van der Waals surface area (Å²) in [6.45, 7) is 4.59. The van der Waals surface area contributed by atoms with Crippen molar-refractivity contribution >= 4 is 17.4 Å². The van der Waals surface area contributed by atoms with E-state index in [1.165, 1.54) is 24.6 Å². The van der Waals surface area contributed by atoms with Gasteiger partial charge < -0.3 is 20.1 Å². The number of nitrogens with one attached hydrogen (secondary N) is 1. The Kier molecular flexibility index (Phi) is 6.25. The van der Waals surface area contributed by atoms with Gasteiger partial charge in [-0.2, -0.15) is 5.10 Å². The molecule has 1 atom stereocenters. The first-order chi connectivity index (χ1) is 15.2. The maximum Gasteiger partial charge on any atom is 0.573 e. The fourth-order valence-corrected chi connectivity index (χ4v) is 3.38. The van der Waals surface area contributed by atoms with Gasteiger partial charge in [-0.15, -0.1) is 13.2 Å². The molecule has 1 unspecified atom stereocenters. The molecule has 178 valence electrons. The molecule has 33 heavy (non-hydrogen) atoms. The Labute approximate surface area is 186 Å². The lowest BCUT2D eigenvalue weighted by molar-refractivity contribution is -0.275. The lowest BCUT2D eigenvalue weighted by Crippen LogP contribution is -2.42. The SMILES string of the molecule is Cc1cn2ncc(C(=O)NC(c3ccc(OC(F)(F)F)c(F)c3)C(C)(C)O)c2nc1N(C)C. The van der Waals surface area contributed by atoms with Crippen LogP contribution >= 0.6 is 0 Å². The molecule has 0 aliphatic carbocycles. The van der Waals surface area contributed by atoms with Crippen molar-refractivity contribution in [2.45, 2.75) is 38.8 Å². The zero-order valence-electron chi connectivity index (χ0n) is 18.5. The highest BCUT2D eigenvalue weighted by Gasteiger charge is 2.34. The highest BCUT2D eigenvalue weighted by atomic mass is 19.4. The zero-order valence-corrected chi connectivity index (χ0v) is 18.5. The number of alkyl halides is 3. The number of anilines is 1. The van der Waals surface area contributed by atoms with Gasteiger partial charge in [0.15, 0.2) is 17.2 Å². The molecule has 0 aliphatic rings. The topological polar surface area (TPSA) is 92.0 Å². The highest BCUT2D eigenvalue weighted by molar-refractivity contribution is 6.00. The molecule has 0 saturated heterocycles. The van der Waals surface area contributed by atoms with E-state index in [0.717, 1.165) is 23.8 Å². The van der Waals surface area contributed by atoms with Crippen LogP contribution in [0.5, 0.6) is 5.75 Å². The average molecular weight is 469 g/mol. The number of benzene rings is 1. The van der Waals surface area contributed by atoms with Gasteiger partial charge in [-0.3, -0.25) is 4.79 Å². The summed E-state index contributed by atoms with van der Waals surface area (Å²) < 4.78 is 56.6. The number of halogens is 4. The Balaban J connectivity index is 1.96. The molecule has 1 amide bonds. The van der Waals surface area contributed by atoms with Gasteiger partial charge in [-0.05, 0) is 38.5 Å². The van der Waals surface area contributed by atoms with Crippen molar-refractivity contribution in [3.8, 4) is 5.75 Å². The van der Waals surface area contributed by atoms with Gasteiger partial charge in [0.05, 0.1) is 17.8 Å². The minimum absolute atomic E-state index is 0.0390. The van der Waals surface area contributed by atoms with Gasteiger partial charge in [0.25, 0.3) is 5.91 Å². The van der Waals surface area contributed by atoms with Crippen LogP contribution in [0.15, 0.2) is 30.6 Å². The number of fused-ring (bicyclic) bond motifs is 1. The number of aromatic nitrogens is 3. The monoisotopic (exact) mass is 469 g/mol. The van der Waals surface area contributed by atoms with E-state index in [2.05, 4.69) is 20.1 Å². The van der Waals surface area contributed by atoms with Crippen LogP contribution in [-0.2, 0) is 0 Å². The lowest BCUT2D eigenvalue weighted by atomic mass is 9.91. The lowest BCUT2D eigenvalue weighted by Gasteiger charge is -2.30. The third-order valence-corrected chi connectivity index (χ3v) is 4.81. The van der Waals surface area contributed by atoms with Gasteiger partial charge in [0, 0.05) is 25.9 Å². The second-order valence-corrected chi connectivity index (χ2v) is 8.27. The maximum absolute atomic E-state index is 14.3. The minimum atomic E-state index is -5.06. The number of hydrogen-bond acceptors (Lipinski definition) is 6. The van der Waals surface area contributed by atoms with Crippen molar-refractivity contribution in [1.82, 2.24) is 19.9 Å². The van der Waals surface area contributed by atoms with E-state index in [0.29, 0.717) is 5.82 Å². The van der Waals surface area contributed by atoms with Crippen molar-refractivity contribution in [2.75, 3.05) is 19.0 Å². The van der Waals surface area contributed by atoms with Gasteiger partial charge in [-0.25, -0.2) is 13.9 Å². The summed E-state index contributed by atoms with van der Waals surface area (Å²) in [5.74, 6) is -2.35. The Hall–Kier alpha value is -3.41. The molecule has 0 bridgehead atoms. The summed E-state index contributed by atoms with van der Waals surface area (Å²) in [6, 6.07) is 1.51. The van der Waals surface area contributed by atoms with Gasteiger partial charge >= 0.3 is 6.36 Å². The van der Waals surface area contributed by atoms with Gasteiger partial charge in [0.1, 0.15) is 11.4 Å². The molecule has 0 radical (unpaired) electrons. The Morgan fingerprint density at radius 1 is 1.27 bits per heavy atom. The minimum Gasteiger partial charge on any atom is -0.403 e. The van der Waals surface area contributed by atoms with Crippen LogP contribution in [0.25, 0.3) is 5.65 Å². The Morgan fingerprint density at radius 3 is 2.48 bits per heavy atom. The first kappa shape index (κ1) is 24.2. The molecular weight excluding hydrogens is 446 g/mol. The fraction of sp³-hybridized carbons (Fsp3) is 0.381. The van der Waals surface area contributed by atoms with Crippen LogP contribution in [0.4, 0.5) is 23.4 Å². The molecule has 0 spiro atoms. The van der Waals surface area contributed by atoms with E-state index < -0.39 is 35.5 Å². The van der Waals surface area contributed by atoms with Gasteiger partial charge in [-0.1, -0.05) is 6.07 Å². The molecule has 2 heterocycles. The molecule has 12 heteroatoms. The van der Waals surface area contributed by atoms with Crippen LogP contribution < -0.4 is 15.0 Å². The van der Waals surface area contributed by atoms with Crippen LogP contribution in [0.1, 0.15) is 41.4 Å². The van der Waals surface area contributed by atoms with E-state index in [-0.39, 0.29) is 16.8 Å². The zero-order chi connectivity index (χ0) is 24.7. The number of aliphatic hydroxyl groups is 1. The van der Waals surface area contributed by atoms with E-state index in [4.69, 9.17) is 0 Å². The Bertz CT molecular complexity index is 1190. The molecule has 3 rings (SSSR count). The number of amides is 1. The Morgan fingerprint density at radius 2 is 1.94 bits per heavy atom. The predicted molar refractivity (Wildman–Crippen MR) is 112 cm³/mol. The number of carbonyl (C=O) groups is 1. The first-order valence-corrected chi connectivity index (χ1v) is 9.78. The largest absolute Gasteiger partial charge is 0.573 e. The number of hydrogen-bond donors (Lipinski definition) is 2. The fourth-order valence-electron chi connectivity index (χ4n) is 3.38. The third kappa shape index (κ3) is 5.33.